The van der Waals surface area contributed by atoms with Gasteiger partial charge in [0.2, 0.25) is 15.9 Å². The van der Waals surface area contributed by atoms with Gasteiger partial charge in [-0.1, -0.05) is 26.0 Å². The highest BCUT2D eigenvalue weighted by atomic mass is 32.2. The summed E-state index contributed by atoms with van der Waals surface area (Å²) in [6.45, 7) is 6.50. The van der Waals surface area contributed by atoms with E-state index in [4.69, 9.17) is 4.74 Å². The van der Waals surface area contributed by atoms with Gasteiger partial charge in [0.15, 0.2) is 0 Å². The van der Waals surface area contributed by atoms with Crippen molar-refractivity contribution in [3.8, 4) is 5.75 Å². The van der Waals surface area contributed by atoms with E-state index < -0.39 is 10.0 Å². The molecule has 0 radical (unpaired) electrons. The third kappa shape index (κ3) is 4.65. The molecule has 1 atom stereocenters. The van der Waals surface area contributed by atoms with Gasteiger partial charge in [0.1, 0.15) is 10.6 Å². The van der Waals surface area contributed by atoms with Gasteiger partial charge in [-0.3, -0.25) is 4.79 Å². The number of carbonyl (C=O) groups excluding carboxylic acids is 1. The van der Waals surface area contributed by atoms with E-state index >= 15 is 0 Å². The van der Waals surface area contributed by atoms with E-state index in [0.29, 0.717) is 37.6 Å². The lowest BCUT2D eigenvalue weighted by molar-refractivity contribution is -0.120. The lowest BCUT2D eigenvalue weighted by Crippen LogP contribution is -2.31. The van der Waals surface area contributed by atoms with Crippen LogP contribution < -0.4 is 10.1 Å². The van der Waals surface area contributed by atoms with Crippen LogP contribution in [0.4, 0.5) is 5.69 Å². The minimum atomic E-state index is -3.69. The van der Waals surface area contributed by atoms with Crippen molar-refractivity contribution in [1.29, 1.82) is 0 Å². The van der Waals surface area contributed by atoms with Gasteiger partial charge in [-0.05, 0) is 44.4 Å². The molecule has 1 aliphatic carbocycles. The summed E-state index contributed by atoms with van der Waals surface area (Å²) >= 11 is 0. The topological polar surface area (TPSA) is 75.7 Å². The molecule has 0 saturated carbocycles. The smallest absolute Gasteiger partial charge is 0.246 e. The maximum absolute atomic E-state index is 13.0. The van der Waals surface area contributed by atoms with E-state index in [1.165, 1.54) is 10.4 Å². The number of anilines is 1. The molecule has 1 N–H and O–H groups in total. The molecule has 0 spiro atoms. The molecule has 144 valence electrons. The number of benzene rings is 1. The van der Waals surface area contributed by atoms with Crippen LogP contribution in [0.3, 0.4) is 0 Å². The van der Waals surface area contributed by atoms with Gasteiger partial charge < -0.3 is 10.1 Å². The number of amides is 1. The van der Waals surface area contributed by atoms with Crippen molar-refractivity contribution in [1.82, 2.24) is 4.31 Å². The third-order valence-corrected chi connectivity index (χ3v) is 6.55. The number of ether oxygens (including phenoxy) is 1. The van der Waals surface area contributed by atoms with E-state index in [1.54, 1.807) is 32.9 Å². The van der Waals surface area contributed by atoms with E-state index in [0.717, 1.165) is 12.8 Å². The van der Waals surface area contributed by atoms with Gasteiger partial charge in [-0.2, -0.15) is 4.31 Å². The first-order valence-electron chi connectivity index (χ1n) is 9.16. The number of hydrogen-bond acceptors (Lipinski definition) is 4. The van der Waals surface area contributed by atoms with Crippen molar-refractivity contribution in [2.75, 3.05) is 25.0 Å². The Hall–Kier alpha value is -1.86. The number of nitrogens with one attached hydrogen (secondary N) is 1. The van der Waals surface area contributed by atoms with E-state index in [1.807, 2.05) is 6.08 Å². The van der Waals surface area contributed by atoms with Crippen LogP contribution in [-0.4, -0.2) is 38.3 Å². The van der Waals surface area contributed by atoms with Crippen molar-refractivity contribution in [3.63, 3.8) is 0 Å². The molecule has 6 nitrogen and oxygen atoms in total. The fraction of sp³-hybridized carbons (Fsp3) is 0.526. The second-order valence-electron chi connectivity index (χ2n) is 6.15. The van der Waals surface area contributed by atoms with E-state index in [-0.39, 0.29) is 16.7 Å². The normalized spacial score (nSPS) is 17.3. The molecular formula is C19H28N2O4S. The summed E-state index contributed by atoms with van der Waals surface area (Å²) in [6, 6.07) is 4.79. The maximum Gasteiger partial charge on any atom is 0.246 e. The summed E-state index contributed by atoms with van der Waals surface area (Å²) < 4.78 is 32.8. The fourth-order valence-corrected chi connectivity index (χ4v) is 4.66. The van der Waals surface area contributed by atoms with Crippen LogP contribution in [0.1, 0.15) is 40.0 Å². The van der Waals surface area contributed by atoms with Crippen molar-refractivity contribution in [3.05, 3.63) is 30.4 Å². The van der Waals surface area contributed by atoms with Crippen LogP contribution in [0.5, 0.6) is 5.75 Å². The monoisotopic (exact) mass is 380 g/mol. The Morgan fingerprint density at radius 2 is 1.96 bits per heavy atom. The van der Waals surface area contributed by atoms with Gasteiger partial charge >= 0.3 is 0 Å². The first-order valence-corrected chi connectivity index (χ1v) is 10.6. The summed E-state index contributed by atoms with van der Waals surface area (Å²) in [5.41, 5.74) is 0.471. The highest BCUT2D eigenvalue weighted by molar-refractivity contribution is 7.89. The van der Waals surface area contributed by atoms with Crippen molar-refractivity contribution < 1.29 is 17.9 Å². The van der Waals surface area contributed by atoms with Crippen molar-refractivity contribution >= 4 is 21.6 Å². The molecule has 0 fully saturated rings. The average Bonchev–Trinajstić information content (AvgIpc) is 2.64. The van der Waals surface area contributed by atoms with Gasteiger partial charge in [-0.25, -0.2) is 8.42 Å². The maximum atomic E-state index is 13.0. The number of hydrogen-bond donors (Lipinski definition) is 1. The van der Waals surface area contributed by atoms with Gasteiger partial charge in [-0.15, -0.1) is 0 Å². The molecule has 26 heavy (non-hydrogen) atoms. The fourth-order valence-electron chi connectivity index (χ4n) is 3.04. The van der Waals surface area contributed by atoms with Crippen molar-refractivity contribution in [2.24, 2.45) is 5.92 Å². The van der Waals surface area contributed by atoms with Crippen LogP contribution in [-0.2, 0) is 14.8 Å². The standard InChI is InChI=1S/C19H28N2O4S/c1-4-21(5-2)26(23,24)18-14-16(12-13-17(18)25-6-3)20-19(22)15-10-8-7-9-11-15/h7-8,12-15H,4-6,9-11H2,1-3H3,(H,20,22). The molecule has 1 amide bonds. The summed E-state index contributed by atoms with van der Waals surface area (Å²) in [6.07, 6.45) is 6.51. The van der Waals surface area contributed by atoms with Gasteiger partial charge in [0.25, 0.3) is 0 Å². The Morgan fingerprint density at radius 3 is 2.54 bits per heavy atom. The predicted molar refractivity (Wildman–Crippen MR) is 103 cm³/mol. The third-order valence-electron chi connectivity index (χ3n) is 4.47. The highest BCUT2D eigenvalue weighted by Gasteiger charge is 2.27. The van der Waals surface area contributed by atoms with Gasteiger partial charge in [0.05, 0.1) is 6.61 Å². The molecular weight excluding hydrogens is 352 g/mol. The molecule has 1 aromatic rings. The molecule has 0 heterocycles. The first kappa shape index (κ1) is 20.5. The predicted octanol–water partition coefficient (Wildman–Crippen LogP) is 3.41. The Balaban J connectivity index is 2.32. The minimum absolute atomic E-state index is 0.0746. The zero-order valence-electron chi connectivity index (χ0n) is 15.7. The molecule has 0 aromatic heterocycles. The van der Waals surface area contributed by atoms with Crippen molar-refractivity contribution in [2.45, 2.75) is 44.9 Å². The largest absolute Gasteiger partial charge is 0.492 e. The number of nitrogens with zero attached hydrogens (tertiary/aromatic N) is 1. The molecule has 7 heteroatoms. The van der Waals surface area contributed by atoms with Crippen LogP contribution in [0.15, 0.2) is 35.2 Å². The zero-order valence-corrected chi connectivity index (χ0v) is 16.5. The van der Waals surface area contributed by atoms with Crippen LogP contribution >= 0.6 is 0 Å². The minimum Gasteiger partial charge on any atom is -0.492 e. The molecule has 0 saturated heterocycles. The van der Waals surface area contributed by atoms with Crippen LogP contribution in [0.2, 0.25) is 0 Å². The first-order chi connectivity index (χ1) is 12.4. The highest BCUT2D eigenvalue weighted by Crippen LogP contribution is 2.30. The molecule has 0 bridgehead atoms. The van der Waals surface area contributed by atoms with E-state index in [9.17, 15) is 13.2 Å². The molecule has 1 unspecified atom stereocenters. The SMILES string of the molecule is CCOc1ccc(NC(=O)C2CC=CCC2)cc1S(=O)(=O)N(CC)CC. The van der Waals surface area contributed by atoms with Gasteiger partial charge in [0, 0.05) is 24.7 Å². The number of sulfonamides is 1. The van der Waals surface area contributed by atoms with E-state index in [2.05, 4.69) is 11.4 Å². The lowest BCUT2D eigenvalue weighted by atomic mass is 9.93. The molecule has 1 aliphatic rings. The quantitative estimate of drug-likeness (QED) is 0.701. The summed E-state index contributed by atoms with van der Waals surface area (Å²) in [5.74, 6) is 0.150. The Morgan fingerprint density at radius 1 is 1.23 bits per heavy atom. The number of carbonyl (C=O) groups is 1. The lowest BCUT2D eigenvalue weighted by Gasteiger charge is -2.22. The van der Waals surface area contributed by atoms with Crippen LogP contribution in [0, 0.1) is 5.92 Å². The number of rotatable bonds is 8. The van der Waals surface area contributed by atoms with Crippen LogP contribution in [0.25, 0.3) is 0 Å². The molecule has 0 aliphatic heterocycles. The Kier molecular flexibility index (Phi) is 7.23. The average molecular weight is 381 g/mol. The molecule has 2 rings (SSSR count). The Bertz CT molecular complexity index is 755. The molecule has 1 aromatic carbocycles. The second kappa shape index (κ2) is 9.19. The second-order valence-corrected chi connectivity index (χ2v) is 8.06. The zero-order chi connectivity index (χ0) is 19.2. The summed E-state index contributed by atoms with van der Waals surface area (Å²) in [5, 5.41) is 2.86. The summed E-state index contributed by atoms with van der Waals surface area (Å²) in [7, 11) is -3.69. The summed E-state index contributed by atoms with van der Waals surface area (Å²) in [4.78, 5) is 12.5. The number of allylic oxidation sites excluding steroid dienone is 2. The Labute approximate surface area is 156 Å².